The molecule has 2 atom stereocenters. The second kappa shape index (κ2) is 6.92. The fourth-order valence-corrected chi connectivity index (χ4v) is 3.13. The Bertz CT molecular complexity index is 770. The van der Waals surface area contributed by atoms with Gasteiger partial charge in [-0.25, -0.2) is 9.97 Å². The Morgan fingerprint density at radius 3 is 2.68 bits per heavy atom. The fourth-order valence-electron chi connectivity index (χ4n) is 3.13. The molecule has 2 aromatic heterocycles. The van der Waals surface area contributed by atoms with E-state index in [0.29, 0.717) is 24.2 Å². The topological polar surface area (TPSA) is 92.2 Å². The lowest BCUT2D eigenvalue weighted by Gasteiger charge is -2.38. The van der Waals surface area contributed by atoms with Crippen molar-refractivity contribution in [3.8, 4) is 0 Å². The number of carbonyl (C=O) groups excluding carboxylic acids is 2. The predicted octanol–water partition coefficient (Wildman–Crippen LogP) is 0.949. The minimum atomic E-state index is -0.297. The van der Waals surface area contributed by atoms with Crippen LogP contribution in [-0.2, 0) is 11.8 Å². The molecule has 0 bridgehead atoms. The van der Waals surface area contributed by atoms with E-state index in [9.17, 15) is 9.59 Å². The molecule has 8 heteroatoms. The van der Waals surface area contributed by atoms with Crippen LogP contribution in [0.25, 0.3) is 0 Å². The number of nitrogens with one attached hydrogen (secondary N) is 2. The van der Waals surface area contributed by atoms with E-state index < -0.39 is 0 Å². The van der Waals surface area contributed by atoms with Crippen LogP contribution in [0, 0.1) is 0 Å². The fraction of sp³-hybridized carbons (Fsp3) is 0.412. The molecule has 2 aromatic rings. The number of hydrogen-bond acceptors (Lipinski definition) is 5. The van der Waals surface area contributed by atoms with Crippen molar-refractivity contribution in [2.45, 2.75) is 24.9 Å². The molecule has 0 radical (unpaired) electrons. The van der Waals surface area contributed by atoms with Gasteiger partial charge in [-0.3, -0.25) is 9.59 Å². The molecule has 1 fully saturated rings. The van der Waals surface area contributed by atoms with Crippen molar-refractivity contribution in [1.82, 2.24) is 24.8 Å². The highest BCUT2D eigenvalue weighted by molar-refractivity contribution is 5.94. The minimum Gasteiger partial charge on any atom is -0.373 e. The normalized spacial score (nSPS) is 20.4. The summed E-state index contributed by atoms with van der Waals surface area (Å²) in [5.41, 5.74) is 0.483. The number of anilines is 1. The standard InChI is InChI=1S/C17H22N6O2/c1-18-13-6-4-11(10-20-13)17(25)21-12-5-7-14(24)23(3)15(12)16-19-8-9-22(16)2/h4,6,8-10,12,15H,5,7H2,1-3H3,(H,18,20)(H,21,25)/t12-,15-/m1/s1. The molecule has 1 aliphatic heterocycles. The van der Waals surface area contributed by atoms with Crippen LogP contribution in [0.15, 0.2) is 30.7 Å². The average molecular weight is 342 g/mol. The van der Waals surface area contributed by atoms with Gasteiger partial charge in [-0.1, -0.05) is 0 Å². The van der Waals surface area contributed by atoms with E-state index >= 15 is 0 Å². The highest BCUT2D eigenvalue weighted by atomic mass is 16.2. The number of carbonyl (C=O) groups is 2. The van der Waals surface area contributed by atoms with Gasteiger partial charge in [0.2, 0.25) is 5.91 Å². The van der Waals surface area contributed by atoms with Crippen LogP contribution < -0.4 is 10.6 Å². The number of imidazole rings is 1. The maximum absolute atomic E-state index is 12.6. The summed E-state index contributed by atoms with van der Waals surface area (Å²) in [7, 11) is 5.41. The van der Waals surface area contributed by atoms with E-state index in [4.69, 9.17) is 0 Å². The van der Waals surface area contributed by atoms with Crippen LogP contribution in [0.5, 0.6) is 0 Å². The zero-order valence-corrected chi connectivity index (χ0v) is 14.6. The first-order valence-electron chi connectivity index (χ1n) is 8.19. The van der Waals surface area contributed by atoms with Crippen LogP contribution in [0.3, 0.4) is 0 Å². The van der Waals surface area contributed by atoms with Gasteiger partial charge in [0.15, 0.2) is 0 Å². The average Bonchev–Trinajstić information content (AvgIpc) is 3.04. The molecule has 3 heterocycles. The molecule has 2 amide bonds. The summed E-state index contributed by atoms with van der Waals surface area (Å²) in [6.07, 6.45) is 6.05. The van der Waals surface area contributed by atoms with Gasteiger partial charge in [-0.2, -0.15) is 0 Å². The first-order valence-corrected chi connectivity index (χ1v) is 8.19. The van der Waals surface area contributed by atoms with Gasteiger partial charge in [0.1, 0.15) is 17.7 Å². The van der Waals surface area contributed by atoms with Crippen molar-refractivity contribution >= 4 is 17.6 Å². The van der Waals surface area contributed by atoms with E-state index in [0.717, 1.165) is 5.82 Å². The lowest BCUT2D eigenvalue weighted by Crippen LogP contribution is -2.51. The Morgan fingerprint density at radius 1 is 1.28 bits per heavy atom. The molecule has 0 unspecified atom stereocenters. The van der Waals surface area contributed by atoms with Gasteiger partial charge in [0.05, 0.1) is 11.6 Å². The molecule has 2 N–H and O–H groups in total. The summed E-state index contributed by atoms with van der Waals surface area (Å²) in [6, 6.07) is 2.97. The molecule has 8 nitrogen and oxygen atoms in total. The smallest absolute Gasteiger partial charge is 0.253 e. The van der Waals surface area contributed by atoms with Gasteiger partial charge < -0.3 is 20.1 Å². The molecule has 1 aliphatic rings. The number of aryl methyl sites for hydroxylation is 1. The van der Waals surface area contributed by atoms with Crippen LogP contribution in [-0.4, -0.2) is 51.4 Å². The Hall–Kier alpha value is -2.90. The van der Waals surface area contributed by atoms with Crippen molar-refractivity contribution in [1.29, 1.82) is 0 Å². The summed E-state index contributed by atoms with van der Waals surface area (Å²) >= 11 is 0. The monoisotopic (exact) mass is 342 g/mol. The largest absolute Gasteiger partial charge is 0.373 e. The first kappa shape index (κ1) is 16.9. The van der Waals surface area contributed by atoms with E-state index in [1.165, 1.54) is 6.20 Å². The third kappa shape index (κ3) is 3.33. The maximum Gasteiger partial charge on any atom is 0.253 e. The number of likely N-dealkylation sites (tertiary alicyclic amines) is 1. The minimum absolute atomic E-state index is 0.0542. The Balaban J connectivity index is 1.82. The van der Waals surface area contributed by atoms with Gasteiger partial charge in [0, 0.05) is 46.2 Å². The van der Waals surface area contributed by atoms with Crippen LogP contribution >= 0.6 is 0 Å². The van der Waals surface area contributed by atoms with Gasteiger partial charge in [0.25, 0.3) is 5.91 Å². The van der Waals surface area contributed by atoms with Crippen molar-refractivity contribution < 1.29 is 9.59 Å². The number of hydrogen-bond donors (Lipinski definition) is 2. The number of amides is 2. The van der Waals surface area contributed by atoms with E-state index in [-0.39, 0.29) is 23.9 Å². The SMILES string of the molecule is CNc1ccc(C(=O)N[C@@H]2CCC(=O)N(C)[C@H]2c2nccn2C)cn1. The number of nitrogens with zero attached hydrogens (tertiary/aromatic N) is 4. The summed E-state index contributed by atoms with van der Waals surface area (Å²) in [4.78, 5) is 34.9. The Morgan fingerprint density at radius 2 is 2.08 bits per heavy atom. The van der Waals surface area contributed by atoms with Crippen LogP contribution in [0.4, 0.5) is 5.82 Å². The zero-order valence-electron chi connectivity index (χ0n) is 14.6. The molecule has 1 saturated heterocycles. The highest BCUT2D eigenvalue weighted by Crippen LogP contribution is 2.29. The second-order valence-corrected chi connectivity index (χ2v) is 6.15. The highest BCUT2D eigenvalue weighted by Gasteiger charge is 2.37. The Labute approximate surface area is 146 Å². The van der Waals surface area contributed by atoms with Crippen molar-refractivity contribution in [3.05, 3.63) is 42.1 Å². The van der Waals surface area contributed by atoms with Crippen molar-refractivity contribution in [2.24, 2.45) is 7.05 Å². The first-order chi connectivity index (χ1) is 12.0. The van der Waals surface area contributed by atoms with Crippen LogP contribution in [0.2, 0.25) is 0 Å². The molecular weight excluding hydrogens is 320 g/mol. The molecule has 25 heavy (non-hydrogen) atoms. The number of likely N-dealkylation sites (N-methyl/N-ethyl adjacent to an activating group) is 1. The number of aromatic nitrogens is 3. The van der Waals surface area contributed by atoms with Gasteiger partial charge in [-0.15, -0.1) is 0 Å². The summed E-state index contributed by atoms with van der Waals surface area (Å²) < 4.78 is 1.88. The quantitative estimate of drug-likeness (QED) is 0.863. The molecular formula is C17H22N6O2. The third-order valence-corrected chi connectivity index (χ3v) is 4.58. The molecule has 3 rings (SSSR count). The lowest BCUT2D eigenvalue weighted by atomic mass is 9.95. The summed E-state index contributed by atoms with van der Waals surface area (Å²) in [6.45, 7) is 0. The lowest BCUT2D eigenvalue weighted by molar-refractivity contribution is -0.136. The molecule has 0 aliphatic carbocycles. The molecule has 0 saturated carbocycles. The van der Waals surface area contributed by atoms with Crippen molar-refractivity contribution in [2.75, 3.05) is 19.4 Å². The number of pyridine rings is 1. The molecule has 0 aromatic carbocycles. The second-order valence-electron chi connectivity index (χ2n) is 6.15. The van der Waals surface area contributed by atoms with E-state index in [1.54, 1.807) is 37.3 Å². The van der Waals surface area contributed by atoms with Crippen molar-refractivity contribution in [3.63, 3.8) is 0 Å². The molecule has 132 valence electrons. The summed E-state index contributed by atoms with van der Waals surface area (Å²) in [5, 5.41) is 5.96. The zero-order chi connectivity index (χ0) is 18.0. The number of piperidine rings is 1. The van der Waals surface area contributed by atoms with E-state index in [1.807, 2.05) is 17.8 Å². The summed E-state index contributed by atoms with van der Waals surface area (Å²) in [5.74, 6) is 1.30. The predicted molar refractivity (Wildman–Crippen MR) is 93.0 cm³/mol. The maximum atomic E-state index is 12.6. The van der Waals surface area contributed by atoms with Crippen LogP contribution in [0.1, 0.15) is 35.1 Å². The van der Waals surface area contributed by atoms with E-state index in [2.05, 4.69) is 20.6 Å². The number of rotatable bonds is 4. The van der Waals surface area contributed by atoms with Gasteiger partial charge in [-0.05, 0) is 18.6 Å². The van der Waals surface area contributed by atoms with Gasteiger partial charge >= 0.3 is 0 Å². The molecule has 0 spiro atoms. The Kier molecular flexibility index (Phi) is 4.69. The third-order valence-electron chi connectivity index (χ3n) is 4.58.